The molecule has 0 saturated carbocycles. The van der Waals surface area contributed by atoms with Crippen LogP contribution < -0.4 is 29.0 Å². The molecule has 2 aliphatic heterocycles. The Bertz CT molecular complexity index is 835. The lowest BCUT2D eigenvalue weighted by molar-refractivity contribution is -0.130. The van der Waals surface area contributed by atoms with E-state index in [0.717, 1.165) is 5.75 Å². The molecule has 0 fully saturated rings. The van der Waals surface area contributed by atoms with Gasteiger partial charge in [0.1, 0.15) is 12.4 Å². The van der Waals surface area contributed by atoms with Crippen molar-refractivity contribution in [3.8, 4) is 41.6 Å². The molecule has 0 bridgehead atoms. The van der Waals surface area contributed by atoms with Gasteiger partial charge in [0.25, 0.3) is 5.91 Å². The lowest BCUT2D eigenvalue weighted by atomic mass is 10.2. The molecule has 2 aliphatic rings. The van der Waals surface area contributed by atoms with Gasteiger partial charge in [0.05, 0.1) is 6.61 Å². The molecule has 7 heteroatoms. The Morgan fingerprint density at radius 1 is 1.03 bits per heavy atom. The molecule has 4 rings (SSSR count). The molecule has 0 radical (unpaired) electrons. The van der Waals surface area contributed by atoms with Crippen molar-refractivity contribution in [2.24, 2.45) is 0 Å². The van der Waals surface area contributed by atoms with Crippen LogP contribution in [0, 0.1) is 12.8 Å². The van der Waals surface area contributed by atoms with Gasteiger partial charge in [-0.3, -0.25) is 4.79 Å². The number of nitrogens with one attached hydrogen (secondary N) is 1. The molecule has 0 aliphatic carbocycles. The Labute approximate surface area is 177 Å². The number of terminal acetylenes is 1. The average Bonchev–Trinajstić information content (AvgIpc) is 3.29. The Hall–Kier alpha value is -3.53. The van der Waals surface area contributed by atoms with Gasteiger partial charge in [0, 0.05) is 12.6 Å². The molecule has 0 spiro atoms. The first-order chi connectivity index (χ1) is 14.8. The van der Waals surface area contributed by atoms with E-state index in [9.17, 15) is 4.79 Å². The molecule has 30 heavy (non-hydrogen) atoms. The zero-order chi connectivity index (χ0) is 21.8. The number of fused-ring (bicyclic) bond motifs is 2. The number of hydrogen-bond donors (Lipinski definition) is 1. The number of para-hydroxylation sites is 2. The summed E-state index contributed by atoms with van der Waals surface area (Å²) in [6.07, 6.45) is 8.03. The molecule has 1 unspecified atom stereocenters. The minimum Gasteiger partial charge on any atom is -0.493 e. The molecule has 1 N–H and O–H groups in total. The van der Waals surface area contributed by atoms with E-state index in [1.807, 2.05) is 44.2 Å². The second-order valence-electron chi connectivity index (χ2n) is 5.87. The van der Waals surface area contributed by atoms with Crippen LogP contribution in [0.1, 0.15) is 20.3 Å². The van der Waals surface area contributed by atoms with Crippen LogP contribution in [0.25, 0.3) is 0 Å². The normalized spacial score (nSPS) is 14.9. The molecular formula is C23H27NO6. The highest BCUT2D eigenvalue weighted by atomic mass is 16.7. The van der Waals surface area contributed by atoms with E-state index in [2.05, 4.69) is 18.2 Å². The molecule has 1 amide bonds. The summed E-state index contributed by atoms with van der Waals surface area (Å²) >= 11 is 0. The lowest BCUT2D eigenvalue weighted by Gasteiger charge is -2.25. The average molecular weight is 413 g/mol. The Morgan fingerprint density at radius 2 is 1.73 bits per heavy atom. The fourth-order valence-electron chi connectivity index (χ4n) is 2.70. The number of benzene rings is 2. The van der Waals surface area contributed by atoms with Gasteiger partial charge in [0.2, 0.25) is 12.9 Å². The first kappa shape index (κ1) is 22.8. The number of carbonyl (C=O) groups excluding carboxylic acids is 1. The third-order valence-electron chi connectivity index (χ3n) is 4.03. The first-order valence-electron chi connectivity index (χ1n) is 9.81. The van der Waals surface area contributed by atoms with Gasteiger partial charge >= 0.3 is 0 Å². The van der Waals surface area contributed by atoms with E-state index < -0.39 is 6.10 Å². The number of hydrogen-bond acceptors (Lipinski definition) is 6. The van der Waals surface area contributed by atoms with Crippen LogP contribution >= 0.6 is 0 Å². The maximum absolute atomic E-state index is 12.2. The van der Waals surface area contributed by atoms with Crippen LogP contribution in [-0.2, 0) is 4.79 Å². The summed E-state index contributed by atoms with van der Waals surface area (Å²) in [5.74, 6) is 3.17. The van der Waals surface area contributed by atoms with Gasteiger partial charge in [-0.25, -0.2) is 0 Å². The monoisotopic (exact) mass is 413 g/mol. The number of rotatable bonds is 6. The maximum atomic E-state index is 12.2. The van der Waals surface area contributed by atoms with Crippen LogP contribution in [0.2, 0.25) is 0 Å². The highest BCUT2D eigenvalue weighted by molar-refractivity contribution is 5.81. The molecule has 1 atom stereocenters. The smallest absolute Gasteiger partial charge is 0.264 e. The summed E-state index contributed by atoms with van der Waals surface area (Å²) in [5.41, 5.74) is 0. The van der Waals surface area contributed by atoms with Gasteiger partial charge in [0.15, 0.2) is 23.0 Å². The second kappa shape index (κ2) is 12.1. The van der Waals surface area contributed by atoms with Crippen molar-refractivity contribution in [3.63, 3.8) is 0 Å². The highest BCUT2D eigenvalue weighted by Gasteiger charge is 2.26. The van der Waals surface area contributed by atoms with E-state index in [1.165, 1.54) is 0 Å². The highest BCUT2D eigenvalue weighted by Crippen LogP contribution is 2.35. The molecule has 2 heterocycles. The third kappa shape index (κ3) is 5.98. The van der Waals surface area contributed by atoms with Crippen LogP contribution in [-0.4, -0.2) is 38.6 Å². The second-order valence-corrected chi connectivity index (χ2v) is 5.87. The fraction of sp³-hybridized carbons (Fsp3) is 0.348. The lowest BCUT2D eigenvalue weighted by Crippen LogP contribution is -2.44. The molecule has 2 aromatic carbocycles. The van der Waals surface area contributed by atoms with Gasteiger partial charge < -0.3 is 29.0 Å². The van der Waals surface area contributed by atoms with Gasteiger partial charge in [-0.15, -0.1) is 12.8 Å². The third-order valence-corrected chi connectivity index (χ3v) is 4.03. The summed E-state index contributed by atoms with van der Waals surface area (Å²) in [6, 6.07) is 12.8. The van der Waals surface area contributed by atoms with Crippen LogP contribution in [0.15, 0.2) is 42.5 Å². The Kier molecular flexibility index (Phi) is 9.19. The molecule has 0 aromatic heterocycles. The Balaban J connectivity index is 0.000000757. The standard InChI is InChI=1S/C19H19NO6.C2H6.C2H2/c21-19(18-11-23-14-4-1-2-5-16(14)26-18)20-8-3-9-22-13-6-7-15-17(10-13)25-12-24-15;2*1-2/h1-2,4-7,10,18H,3,8-9,11-12H2,(H,20,21);1-2H3;1-2H. The van der Waals surface area contributed by atoms with E-state index >= 15 is 0 Å². The zero-order valence-electron chi connectivity index (χ0n) is 17.3. The van der Waals surface area contributed by atoms with Gasteiger partial charge in [-0.05, 0) is 30.7 Å². The largest absolute Gasteiger partial charge is 0.493 e. The van der Waals surface area contributed by atoms with Crippen molar-refractivity contribution in [2.45, 2.75) is 26.4 Å². The number of amides is 1. The quantitative estimate of drug-likeness (QED) is 0.578. The molecule has 7 nitrogen and oxygen atoms in total. The van der Waals surface area contributed by atoms with Crippen LogP contribution in [0.3, 0.4) is 0 Å². The van der Waals surface area contributed by atoms with Crippen molar-refractivity contribution < 1.29 is 28.5 Å². The van der Waals surface area contributed by atoms with E-state index in [1.54, 1.807) is 12.1 Å². The number of ether oxygens (including phenoxy) is 5. The summed E-state index contributed by atoms with van der Waals surface area (Å²) in [5, 5.41) is 2.84. The van der Waals surface area contributed by atoms with Crippen molar-refractivity contribution >= 4 is 5.91 Å². The molecule has 0 saturated heterocycles. The molecule has 160 valence electrons. The van der Waals surface area contributed by atoms with Crippen LogP contribution in [0.4, 0.5) is 0 Å². The summed E-state index contributed by atoms with van der Waals surface area (Å²) in [4.78, 5) is 12.2. The van der Waals surface area contributed by atoms with Crippen molar-refractivity contribution in [1.29, 1.82) is 0 Å². The summed E-state index contributed by atoms with van der Waals surface area (Å²) in [6.45, 7) is 5.41. The summed E-state index contributed by atoms with van der Waals surface area (Å²) < 4.78 is 27.4. The van der Waals surface area contributed by atoms with Gasteiger partial charge in [-0.2, -0.15) is 0 Å². The van der Waals surface area contributed by atoms with E-state index in [4.69, 9.17) is 23.7 Å². The predicted octanol–water partition coefficient (Wildman–Crippen LogP) is 3.42. The molecular weight excluding hydrogens is 386 g/mol. The predicted molar refractivity (Wildman–Crippen MR) is 113 cm³/mol. The fourth-order valence-corrected chi connectivity index (χ4v) is 2.70. The van der Waals surface area contributed by atoms with E-state index in [0.29, 0.717) is 42.6 Å². The SMILES string of the molecule is C#C.CC.O=C(NCCCOc1ccc2c(c1)OCO2)C1COc2ccccc2O1. The zero-order valence-corrected chi connectivity index (χ0v) is 17.3. The van der Waals surface area contributed by atoms with Crippen LogP contribution in [0.5, 0.6) is 28.7 Å². The van der Waals surface area contributed by atoms with Crippen molar-refractivity contribution in [3.05, 3.63) is 42.5 Å². The minimum absolute atomic E-state index is 0.192. The van der Waals surface area contributed by atoms with Crippen molar-refractivity contribution in [2.75, 3.05) is 26.6 Å². The Morgan fingerprint density at radius 3 is 2.53 bits per heavy atom. The van der Waals surface area contributed by atoms with Crippen molar-refractivity contribution in [1.82, 2.24) is 5.32 Å². The topological polar surface area (TPSA) is 75.3 Å². The van der Waals surface area contributed by atoms with E-state index in [-0.39, 0.29) is 19.3 Å². The minimum atomic E-state index is -0.639. The first-order valence-corrected chi connectivity index (χ1v) is 9.81. The summed E-state index contributed by atoms with van der Waals surface area (Å²) in [7, 11) is 0. The number of carbonyl (C=O) groups is 1. The van der Waals surface area contributed by atoms with Gasteiger partial charge in [-0.1, -0.05) is 26.0 Å². The molecule has 2 aromatic rings. The maximum Gasteiger partial charge on any atom is 0.264 e.